The Bertz CT molecular complexity index is 1150. The van der Waals surface area contributed by atoms with Gasteiger partial charge in [-0.15, -0.1) is 0 Å². The molecule has 30 heavy (non-hydrogen) atoms. The Labute approximate surface area is 176 Å². The Balaban J connectivity index is 1.91. The zero-order valence-electron chi connectivity index (χ0n) is 17.2. The van der Waals surface area contributed by atoms with Crippen LogP contribution in [0.1, 0.15) is 27.8 Å². The molecule has 0 aliphatic rings. The molecule has 3 heteroatoms. The number of nitrogens with zero attached hydrogens (tertiary/aromatic N) is 3. The average Bonchev–Trinajstić information content (AvgIpc) is 3.19. The van der Waals surface area contributed by atoms with Gasteiger partial charge in [0.25, 0.3) is 0 Å². The minimum Gasteiger partial charge on any atom is -0.164 e. The van der Waals surface area contributed by atoms with E-state index in [-0.39, 0.29) is 0 Å². The van der Waals surface area contributed by atoms with Crippen LogP contribution < -0.4 is 0 Å². The molecule has 0 atom stereocenters. The van der Waals surface area contributed by atoms with Crippen molar-refractivity contribution in [3.63, 3.8) is 0 Å². The first kappa shape index (κ1) is 18.3. The molecule has 0 fully saturated rings. The van der Waals surface area contributed by atoms with E-state index in [2.05, 4.69) is 98.8 Å². The van der Waals surface area contributed by atoms with Crippen molar-refractivity contribution >= 4 is 11.0 Å². The summed E-state index contributed by atoms with van der Waals surface area (Å²) in [6.07, 6.45) is 0. The van der Waals surface area contributed by atoms with Crippen molar-refractivity contribution in [3.8, 4) is 0 Å². The van der Waals surface area contributed by atoms with E-state index >= 15 is 0 Å². The van der Waals surface area contributed by atoms with E-state index in [0.29, 0.717) is 0 Å². The smallest absolute Gasteiger partial charge is 0.157 e. The Morgan fingerprint density at radius 1 is 0.533 bits per heavy atom. The third kappa shape index (κ3) is 2.82. The number of aromatic nitrogens is 3. The summed E-state index contributed by atoms with van der Waals surface area (Å²) < 4.78 is 0. The highest BCUT2D eigenvalue weighted by atomic mass is 15.5. The third-order valence-corrected chi connectivity index (χ3v) is 5.87. The van der Waals surface area contributed by atoms with E-state index in [1.807, 2.05) is 23.0 Å². The van der Waals surface area contributed by atoms with E-state index in [9.17, 15) is 0 Å². The first-order chi connectivity index (χ1) is 14.7. The number of hydrogen-bond acceptors (Lipinski definition) is 2. The van der Waals surface area contributed by atoms with E-state index in [0.717, 1.165) is 27.7 Å². The first-order valence-electron chi connectivity index (χ1n) is 10.2. The molecule has 0 radical (unpaired) electrons. The van der Waals surface area contributed by atoms with Crippen molar-refractivity contribution in [1.82, 2.24) is 15.0 Å². The summed E-state index contributed by atoms with van der Waals surface area (Å²) in [5, 5.41) is 10.0. The summed E-state index contributed by atoms with van der Waals surface area (Å²) >= 11 is 0. The molecule has 0 saturated heterocycles. The molecule has 0 unspecified atom stereocenters. The molecule has 3 nitrogen and oxygen atoms in total. The fraction of sp³-hybridized carbons (Fsp3) is 0.111. The van der Waals surface area contributed by atoms with Gasteiger partial charge < -0.3 is 0 Å². The zero-order valence-corrected chi connectivity index (χ0v) is 17.2. The predicted molar refractivity (Wildman–Crippen MR) is 122 cm³/mol. The highest BCUT2D eigenvalue weighted by Crippen LogP contribution is 2.40. The summed E-state index contributed by atoms with van der Waals surface area (Å²) in [6.45, 7) is 4.24. The summed E-state index contributed by atoms with van der Waals surface area (Å²) in [4.78, 5) is 1.90. The van der Waals surface area contributed by atoms with Crippen LogP contribution in [0.5, 0.6) is 0 Å². The van der Waals surface area contributed by atoms with Gasteiger partial charge in [0.05, 0.1) is 0 Å². The van der Waals surface area contributed by atoms with Crippen LogP contribution >= 0.6 is 0 Å². The summed E-state index contributed by atoms with van der Waals surface area (Å²) in [6, 6.07) is 35.8. The van der Waals surface area contributed by atoms with Gasteiger partial charge in [0.2, 0.25) is 0 Å². The van der Waals surface area contributed by atoms with Crippen molar-refractivity contribution < 1.29 is 0 Å². The molecule has 0 bridgehead atoms. The predicted octanol–water partition coefficient (Wildman–Crippen LogP) is 5.89. The molecule has 0 aliphatic carbocycles. The summed E-state index contributed by atoms with van der Waals surface area (Å²) in [5.41, 5.74) is 6.95. The lowest BCUT2D eigenvalue weighted by molar-refractivity contribution is 0.409. The molecule has 4 aromatic carbocycles. The second-order valence-corrected chi connectivity index (χ2v) is 7.72. The molecule has 1 aromatic heterocycles. The number of aryl methyl sites for hydroxylation is 2. The van der Waals surface area contributed by atoms with E-state index < -0.39 is 5.54 Å². The lowest BCUT2D eigenvalue weighted by Crippen LogP contribution is -2.39. The molecule has 146 valence electrons. The second kappa shape index (κ2) is 7.27. The number of rotatable bonds is 4. The molecule has 0 saturated carbocycles. The van der Waals surface area contributed by atoms with Gasteiger partial charge in [0, 0.05) is 0 Å². The van der Waals surface area contributed by atoms with Gasteiger partial charge in [-0.05, 0) is 53.8 Å². The van der Waals surface area contributed by atoms with Gasteiger partial charge in [0.15, 0.2) is 5.54 Å². The van der Waals surface area contributed by atoms with Crippen molar-refractivity contribution in [2.75, 3.05) is 0 Å². The van der Waals surface area contributed by atoms with Gasteiger partial charge in [0.1, 0.15) is 11.0 Å². The minimum atomic E-state index is -0.676. The third-order valence-electron chi connectivity index (χ3n) is 5.87. The summed E-state index contributed by atoms with van der Waals surface area (Å²) in [5.74, 6) is 0. The van der Waals surface area contributed by atoms with Crippen molar-refractivity contribution in [1.29, 1.82) is 0 Å². The molecule has 5 aromatic rings. The normalized spacial score (nSPS) is 11.7. The van der Waals surface area contributed by atoms with E-state index in [1.54, 1.807) is 0 Å². The van der Waals surface area contributed by atoms with Gasteiger partial charge in [-0.25, -0.2) is 0 Å². The van der Waals surface area contributed by atoms with Crippen molar-refractivity contribution in [2.45, 2.75) is 19.4 Å². The van der Waals surface area contributed by atoms with Gasteiger partial charge in [-0.1, -0.05) is 91.0 Å². The van der Waals surface area contributed by atoms with E-state index in [4.69, 9.17) is 10.2 Å². The number of hydrogen-bond donors (Lipinski definition) is 0. The monoisotopic (exact) mass is 389 g/mol. The molecular weight excluding hydrogens is 366 g/mol. The standard InChI is InChI=1S/C27H23N3/c1-20-18-25-26(19-21(20)2)29-30(28-25)27(22-12-6-3-7-13-22,23-14-8-4-9-15-23)24-16-10-5-11-17-24/h3-19H,1-2H3. The zero-order chi connectivity index (χ0) is 20.6. The fourth-order valence-corrected chi connectivity index (χ4v) is 4.21. The highest BCUT2D eigenvalue weighted by Gasteiger charge is 2.40. The minimum absolute atomic E-state index is 0.676. The second-order valence-electron chi connectivity index (χ2n) is 7.72. The van der Waals surface area contributed by atoms with Crippen molar-refractivity contribution in [2.24, 2.45) is 0 Å². The maximum Gasteiger partial charge on any atom is 0.157 e. The Morgan fingerprint density at radius 2 is 0.867 bits per heavy atom. The van der Waals surface area contributed by atoms with Crippen LogP contribution in [-0.4, -0.2) is 15.0 Å². The van der Waals surface area contributed by atoms with Crippen LogP contribution in [0, 0.1) is 13.8 Å². The maximum absolute atomic E-state index is 5.02. The molecule has 0 N–H and O–H groups in total. The van der Waals surface area contributed by atoms with Crippen LogP contribution in [0.4, 0.5) is 0 Å². The molecular formula is C27H23N3. The van der Waals surface area contributed by atoms with Gasteiger partial charge >= 0.3 is 0 Å². The van der Waals surface area contributed by atoms with Crippen LogP contribution in [-0.2, 0) is 5.54 Å². The molecule has 0 spiro atoms. The topological polar surface area (TPSA) is 30.7 Å². The molecule has 5 rings (SSSR count). The SMILES string of the molecule is Cc1cc2nn(C(c3ccccc3)(c3ccccc3)c3ccccc3)nc2cc1C. The quantitative estimate of drug-likeness (QED) is 0.359. The Kier molecular flexibility index (Phi) is 4.44. The lowest BCUT2D eigenvalue weighted by Gasteiger charge is -2.34. The van der Waals surface area contributed by atoms with Crippen LogP contribution in [0.3, 0.4) is 0 Å². The van der Waals surface area contributed by atoms with Crippen LogP contribution in [0.15, 0.2) is 103 Å². The molecule has 0 aliphatic heterocycles. The lowest BCUT2D eigenvalue weighted by atomic mass is 9.77. The van der Waals surface area contributed by atoms with Gasteiger partial charge in [-0.3, -0.25) is 0 Å². The maximum atomic E-state index is 5.02. The highest BCUT2D eigenvalue weighted by molar-refractivity contribution is 5.76. The summed E-state index contributed by atoms with van der Waals surface area (Å²) in [7, 11) is 0. The number of benzene rings is 4. The van der Waals surface area contributed by atoms with Crippen molar-refractivity contribution in [3.05, 3.63) is 131 Å². The average molecular weight is 390 g/mol. The Morgan fingerprint density at radius 3 is 1.20 bits per heavy atom. The largest absolute Gasteiger partial charge is 0.164 e. The first-order valence-corrected chi connectivity index (χ1v) is 10.2. The van der Waals surface area contributed by atoms with E-state index in [1.165, 1.54) is 11.1 Å². The molecule has 0 amide bonds. The Hall–Kier alpha value is -3.72. The van der Waals surface area contributed by atoms with Crippen LogP contribution in [0.2, 0.25) is 0 Å². The fourth-order valence-electron chi connectivity index (χ4n) is 4.21. The molecule has 1 heterocycles. The number of fused-ring (bicyclic) bond motifs is 1. The van der Waals surface area contributed by atoms with Gasteiger partial charge in [-0.2, -0.15) is 15.0 Å². The van der Waals surface area contributed by atoms with Crippen LogP contribution in [0.25, 0.3) is 11.0 Å².